The zero-order chi connectivity index (χ0) is 17.2. The summed E-state index contributed by atoms with van der Waals surface area (Å²) in [5.74, 6) is -1.54. The first-order chi connectivity index (χ1) is 10.2. The lowest BCUT2D eigenvalue weighted by molar-refractivity contribution is -0.143. The van der Waals surface area contributed by atoms with Gasteiger partial charge in [-0.15, -0.1) is 0 Å². The Labute approximate surface area is 130 Å². The smallest absolute Gasteiger partial charge is 0.407 e. The first kappa shape index (κ1) is 20.2. The van der Waals surface area contributed by atoms with Gasteiger partial charge in [-0.2, -0.15) is 0 Å². The Bertz CT molecular complexity index is 378. The summed E-state index contributed by atoms with van der Waals surface area (Å²) in [5.41, 5.74) is -0.541. The highest BCUT2D eigenvalue weighted by atomic mass is 16.6. The van der Waals surface area contributed by atoms with E-state index in [-0.39, 0.29) is 6.54 Å². The largest absolute Gasteiger partial charge is 0.480 e. The molecule has 0 aromatic carbocycles. The van der Waals surface area contributed by atoms with E-state index in [1.54, 1.807) is 20.8 Å². The number of carbonyl (C=O) groups excluding carboxylic acids is 2. The molecule has 22 heavy (non-hydrogen) atoms. The van der Waals surface area contributed by atoms with Crippen LogP contribution in [0.1, 0.15) is 40.0 Å². The van der Waals surface area contributed by atoms with Crippen molar-refractivity contribution in [1.29, 1.82) is 0 Å². The number of amides is 1. The summed E-state index contributed by atoms with van der Waals surface area (Å²) < 4.78 is 9.69. The van der Waals surface area contributed by atoms with Gasteiger partial charge in [-0.05, 0) is 40.0 Å². The molecule has 0 spiro atoms. The minimum absolute atomic E-state index is 0.310. The Kier molecular flexibility index (Phi) is 9.16. The summed E-state index contributed by atoms with van der Waals surface area (Å²) in [6, 6.07) is -0.664. The number of carboxylic acid groups (broad SMARTS) is 1. The van der Waals surface area contributed by atoms with Gasteiger partial charge in [0.15, 0.2) is 0 Å². The van der Waals surface area contributed by atoms with Crippen molar-refractivity contribution < 1.29 is 29.0 Å². The van der Waals surface area contributed by atoms with E-state index >= 15 is 0 Å². The lowest BCUT2D eigenvalue weighted by atomic mass is 10.1. The lowest BCUT2D eigenvalue weighted by Gasteiger charge is -2.19. The monoisotopic (exact) mass is 318 g/mol. The molecule has 0 aliphatic carbocycles. The topological polar surface area (TPSA) is 114 Å². The Morgan fingerprint density at radius 1 is 1.18 bits per heavy atom. The van der Waals surface area contributed by atoms with Crippen LogP contribution < -0.4 is 10.6 Å². The van der Waals surface area contributed by atoms with Crippen LogP contribution in [0.4, 0.5) is 4.79 Å². The lowest BCUT2D eigenvalue weighted by Crippen LogP contribution is -2.40. The molecule has 0 bridgehead atoms. The first-order valence-electron chi connectivity index (χ1n) is 7.15. The molecule has 1 amide bonds. The molecule has 8 heteroatoms. The standard InChI is InChI=1S/C14H26N2O6/c1-14(2,3)22-13(20)15-8-6-5-7-10(12(19)21-4)16-9-11(17)18/h10,16H,5-9H2,1-4H3,(H,15,20)(H,17,18). The number of unbranched alkanes of at least 4 members (excludes halogenated alkanes) is 1. The van der Waals surface area contributed by atoms with Crippen molar-refractivity contribution >= 4 is 18.0 Å². The summed E-state index contributed by atoms with van der Waals surface area (Å²) >= 11 is 0. The van der Waals surface area contributed by atoms with Gasteiger partial charge in [0.25, 0.3) is 0 Å². The number of nitrogens with one attached hydrogen (secondary N) is 2. The van der Waals surface area contributed by atoms with Crippen LogP contribution >= 0.6 is 0 Å². The van der Waals surface area contributed by atoms with Gasteiger partial charge in [-0.1, -0.05) is 0 Å². The number of ether oxygens (including phenoxy) is 2. The van der Waals surface area contributed by atoms with E-state index in [1.807, 2.05) is 0 Å². The average molecular weight is 318 g/mol. The first-order valence-corrected chi connectivity index (χ1v) is 7.15. The van der Waals surface area contributed by atoms with Gasteiger partial charge in [-0.25, -0.2) is 4.79 Å². The number of esters is 1. The molecule has 128 valence electrons. The highest BCUT2D eigenvalue weighted by Gasteiger charge is 2.19. The number of carbonyl (C=O) groups is 3. The van der Waals surface area contributed by atoms with E-state index in [9.17, 15) is 14.4 Å². The van der Waals surface area contributed by atoms with Crippen molar-refractivity contribution in [2.24, 2.45) is 0 Å². The van der Waals surface area contributed by atoms with Gasteiger partial charge in [0.05, 0.1) is 13.7 Å². The van der Waals surface area contributed by atoms with Crippen LogP contribution in [0.15, 0.2) is 0 Å². The molecule has 0 saturated heterocycles. The second-order valence-electron chi connectivity index (χ2n) is 5.77. The van der Waals surface area contributed by atoms with Gasteiger partial charge in [0.2, 0.25) is 0 Å². The van der Waals surface area contributed by atoms with Crippen LogP contribution in [-0.2, 0) is 19.1 Å². The van der Waals surface area contributed by atoms with E-state index in [2.05, 4.69) is 15.4 Å². The molecular weight excluding hydrogens is 292 g/mol. The number of alkyl carbamates (subject to hydrolysis) is 1. The van der Waals surface area contributed by atoms with Crippen LogP contribution in [0.5, 0.6) is 0 Å². The molecule has 0 saturated carbocycles. The maximum atomic E-state index is 11.5. The summed E-state index contributed by atoms with van der Waals surface area (Å²) in [5, 5.41) is 13.8. The maximum Gasteiger partial charge on any atom is 0.407 e. The second-order valence-corrected chi connectivity index (χ2v) is 5.77. The summed E-state index contributed by atoms with van der Waals surface area (Å²) in [4.78, 5) is 33.4. The number of hydrogen-bond acceptors (Lipinski definition) is 6. The molecule has 1 atom stereocenters. The van der Waals surface area contributed by atoms with E-state index < -0.39 is 29.7 Å². The van der Waals surface area contributed by atoms with Crippen LogP contribution in [0.25, 0.3) is 0 Å². The van der Waals surface area contributed by atoms with Crippen molar-refractivity contribution in [2.75, 3.05) is 20.2 Å². The van der Waals surface area contributed by atoms with Crippen molar-refractivity contribution in [3.8, 4) is 0 Å². The van der Waals surface area contributed by atoms with Gasteiger partial charge in [-0.3, -0.25) is 14.9 Å². The fourth-order valence-corrected chi connectivity index (χ4v) is 1.63. The second kappa shape index (κ2) is 9.99. The van der Waals surface area contributed by atoms with Crippen molar-refractivity contribution in [1.82, 2.24) is 10.6 Å². The Morgan fingerprint density at radius 3 is 2.32 bits per heavy atom. The third-order valence-corrected chi connectivity index (χ3v) is 2.57. The Balaban J connectivity index is 3.95. The molecule has 8 nitrogen and oxygen atoms in total. The minimum Gasteiger partial charge on any atom is -0.480 e. The normalized spacial score (nSPS) is 12.4. The molecule has 0 radical (unpaired) electrons. The SMILES string of the molecule is COC(=O)C(CCCCNC(=O)OC(C)(C)C)NCC(=O)O. The molecule has 1 unspecified atom stereocenters. The summed E-state index contributed by atoms with van der Waals surface area (Å²) in [6.07, 6.45) is 1.21. The fourth-order valence-electron chi connectivity index (χ4n) is 1.63. The van der Waals surface area contributed by atoms with Gasteiger partial charge in [0.1, 0.15) is 11.6 Å². The quantitative estimate of drug-likeness (QED) is 0.427. The molecule has 0 heterocycles. The summed E-state index contributed by atoms with van der Waals surface area (Å²) in [7, 11) is 1.25. The van der Waals surface area contributed by atoms with E-state index in [0.29, 0.717) is 25.8 Å². The Hall–Kier alpha value is -1.83. The molecule has 0 aliphatic rings. The minimum atomic E-state index is -1.04. The molecule has 0 rings (SSSR count). The van der Waals surface area contributed by atoms with Crippen LogP contribution in [0.3, 0.4) is 0 Å². The zero-order valence-electron chi connectivity index (χ0n) is 13.6. The molecule has 0 aromatic heterocycles. The van der Waals surface area contributed by atoms with E-state index in [0.717, 1.165) is 0 Å². The van der Waals surface area contributed by atoms with Crippen molar-refractivity contribution in [3.05, 3.63) is 0 Å². The maximum absolute atomic E-state index is 11.5. The molecule has 0 aromatic rings. The fraction of sp³-hybridized carbons (Fsp3) is 0.786. The summed E-state index contributed by atoms with van der Waals surface area (Å²) in [6.45, 7) is 5.45. The third kappa shape index (κ3) is 10.9. The number of hydrogen-bond donors (Lipinski definition) is 3. The average Bonchev–Trinajstić information content (AvgIpc) is 2.38. The van der Waals surface area contributed by atoms with Gasteiger partial charge >= 0.3 is 18.0 Å². The van der Waals surface area contributed by atoms with E-state index in [1.165, 1.54) is 7.11 Å². The number of aliphatic carboxylic acids is 1. The van der Waals surface area contributed by atoms with E-state index in [4.69, 9.17) is 9.84 Å². The zero-order valence-corrected chi connectivity index (χ0v) is 13.6. The third-order valence-electron chi connectivity index (χ3n) is 2.57. The van der Waals surface area contributed by atoms with Crippen molar-refractivity contribution in [3.63, 3.8) is 0 Å². The van der Waals surface area contributed by atoms with Crippen LogP contribution in [0, 0.1) is 0 Å². The molecule has 0 fully saturated rings. The highest BCUT2D eigenvalue weighted by molar-refractivity contribution is 5.77. The number of methoxy groups -OCH3 is 1. The Morgan fingerprint density at radius 2 is 1.82 bits per heavy atom. The molecule has 3 N–H and O–H groups in total. The van der Waals surface area contributed by atoms with Gasteiger partial charge < -0.3 is 19.9 Å². The molecular formula is C14H26N2O6. The van der Waals surface area contributed by atoms with Crippen LogP contribution in [0.2, 0.25) is 0 Å². The number of rotatable bonds is 9. The predicted octanol–water partition coefficient (Wildman–Crippen LogP) is 0.897. The van der Waals surface area contributed by atoms with Gasteiger partial charge in [0, 0.05) is 6.54 Å². The highest BCUT2D eigenvalue weighted by Crippen LogP contribution is 2.07. The van der Waals surface area contributed by atoms with Crippen molar-refractivity contribution in [2.45, 2.75) is 51.7 Å². The number of carboxylic acids is 1. The molecule has 0 aliphatic heterocycles. The van der Waals surface area contributed by atoms with Crippen LogP contribution in [-0.4, -0.2) is 55.0 Å². The predicted molar refractivity (Wildman–Crippen MR) is 79.5 cm³/mol.